The summed E-state index contributed by atoms with van der Waals surface area (Å²) in [4.78, 5) is 2.67. The van der Waals surface area contributed by atoms with Crippen molar-refractivity contribution in [3.8, 4) is 0 Å². The molecule has 1 atom stereocenters. The molecule has 1 heterocycles. The van der Waals surface area contributed by atoms with Gasteiger partial charge in [0.15, 0.2) is 0 Å². The van der Waals surface area contributed by atoms with E-state index in [1.165, 1.54) is 51.6 Å². The number of nitrogens with zero attached hydrogens (tertiary/aromatic N) is 1. The van der Waals surface area contributed by atoms with Gasteiger partial charge in [0, 0.05) is 6.04 Å². The van der Waals surface area contributed by atoms with Crippen LogP contribution in [0, 0.1) is 0 Å². The van der Waals surface area contributed by atoms with Crippen molar-refractivity contribution in [2.45, 2.75) is 51.5 Å². The van der Waals surface area contributed by atoms with E-state index in [4.69, 9.17) is 5.73 Å². The molecular formula is C11H24N2. The highest BCUT2D eigenvalue weighted by molar-refractivity contribution is 4.78. The maximum absolute atomic E-state index is 5.53. The first-order valence-corrected chi connectivity index (χ1v) is 5.82. The smallest absolute Gasteiger partial charge is 0.00962 e. The molecule has 2 heteroatoms. The molecule has 13 heavy (non-hydrogen) atoms. The Morgan fingerprint density at radius 1 is 1.38 bits per heavy atom. The average Bonchev–Trinajstić information content (AvgIpc) is 2.59. The Balaban J connectivity index is 2.18. The molecule has 1 aliphatic heterocycles. The lowest BCUT2D eigenvalue weighted by Gasteiger charge is -2.23. The maximum Gasteiger partial charge on any atom is 0.00962 e. The lowest BCUT2D eigenvalue weighted by molar-refractivity contribution is 0.237. The van der Waals surface area contributed by atoms with Crippen LogP contribution in [-0.2, 0) is 0 Å². The summed E-state index contributed by atoms with van der Waals surface area (Å²) < 4.78 is 0. The van der Waals surface area contributed by atoms with Gasteiger partial charge in [-0.1, -0.05) is 13.3 Å². The van der Waals surface area contributed by atoms with Gasteiger partial charge < -0.3 is 10.6 Å². The standard InChI is InChI=1S/C11H24N2/c1-2-3-9-13-10-5-7-11(13)6-4-8-12/h11H,2-10,12H2,1H3/t11-/m1/s1. The van der Waals surface area contributed by atoms with Crippen LogP contribution in [0.1, 0.15) is 45.4 Å². The molecule has 0 bridgehead atoms. The van der Waals surface area contributed by atoms with E-state index in [0.29, 0.717) is 0 Å². The van der Waals surface area contributed by atoms with Crippen LogP contribution in [0.5, 0.6) is 0 Å². The highest BCUT2D eigenvalue weighted by atomic mass is 15.2. The first kappa shape index (κ1) is 11.0. The Bertz CT molecular complexity index is 111. The molecule has 0 radical (unpaired) electrons. The summed E-state index contributed by atoms with van der Waals surface area (Å²) in [6.45, 7) is 5.77. The summed E-state index contributed by atoms with van der Waals surface area (Å²) in [7, 11) is 0. The topological polar surface area (TPSA) is 29.3 Å². The molecule has 1 aliphatic rings. The third kappa shape index (κ3) is 3.65. The van der Waals surface area contributed by atoms with E-state index in [9.17, 15) is 0 Å². The molecule has 0 aromatic carbocycles. The van der Waals surface area contributed by atoms with Crippen LogP contribution < -0.4 is 5.73 Å². The quantitative estimate of drug-likeness (QED) is 0.684. The van der Waals surface area contributed by atoms with E-state index >= 15 is 0 Å². The lowest BCUT2D eigenvalue weighted by Crippen LogP contribution is -2.30. The molecule has 0 unspecified atom stereocenters. The summed E-state index contributed by atoms with van der Waals surface area (Å²) >= 11 is 0. The lowest BCUT2D eigenvalue weighted by atomic mass is 10.1. The van der Waals surface area contributed by atoms with E-state index in [0.717, 1.165) is 12.6 Å². The Kier molecular flexibility index (Phi) is 5.40. The number of rotatable bonds is 6. The second kappa shape index (κ2) is 6.39. The molecule has 0 spiro atoms. The van der Waals surface area contributed by atoms with Gasteiger partial charge in [0.05, 0.1) is 0 Å². The summed E-state index contributed by atoms with van der Waals surface area (Å²) in [5, 5.41) is 0. The maximum atomic E-state index is 5.53. The molecule has 0 saturated carbocycles. The Morgan fingerprint density at radius 2 is 2.23 bits per heavy atom. The predicted octanol–water partition coefficient (Wildman–Crippen LogP) is 1.99. The Morgan fingerprint density at radius 3 is 2.92 bits per heavy atom. The average molecular weight is 184 g/mol. The third-order valence-electron chi connectivity index (χ3n) is 3.04. The molecule has 0 amide bonds. The van der Waals surface area contributed by atoms with Crippen LogP contribution in [0.3, 0.4) is 0 Å². The summed E-state index contributed by atoms with van der Waals surface area (Å²) in [6.07, 6.45) is 8.01. The van der Waals surface area contributed by atoms with Crippen molar-refractivity contribution < 1.29 is 0 Å². The fourth-order valence-corrected chi connectivity index (χ4v) is 2.23. The molecule has 1 fully saturated rings. The monoisotopic (exact) mass is 184 g/mol. The van der Waals surface area contributed by atoms with Crippen LogP contribution in [0.2, 0.25) is 0 Å². The number of hydrogen-bond donors (Lipinski definition) is 1. The molecule has 2 nitrogen and oxygen atoms in total. The molecular weight excluding hydrogens is 160 g/mol. The van der Waals surface area contributed by atoms with Crippen LogP contribution in [0.25, 0.3) is 0 Å². The van der Waals surface area contributed by atoms with E-state index in [2.05, 4.69) is 11.8 Å². The first-order chi connectivity index (χ1) is 6.38. The fourth-order valence-electron chi connectivity index (χ4n) is 2.23. The summed E-state index contributed by atoms with van der Waals surface area (Å²) in [5.74, 6) is 0. The van der Waals surface area contributed by atoms with Gasteiger partial charge in [0.25, 0.3) is 0 Å². The zero-order valence-corrected chi connectivity index (χ0v) is 8.97. The molecule has 0 aromatic rings. The molecule has 2 N–H and O–H groups in total. The Hall–Kier alpha value is -0.0800. The van der Waals surface area contributed by atoms with Gasteiger partial charge in [-0.05, 0) is 51.7 Å². The zero-order valence-electron chi connectivity index (χ0n) is 8.97. The van der Waals surface area contributed by atoms with E-state index in [1.54, 1.807) is 0 Å². The minimum absolute atomic E-state index is 0.857. The molecule has 78 valence electrons. The minimum Gasteiger partial charge on any atom is -0.330 e. The van der Waals surface area contributed by atoms with E-state index in [1.807, 2.05) is 0 Å². The highest BCUT2D eigenvalue weighted by Gasteiger charge is 2.22. The van der Waals surface area contributed by atoms with Gasteiger partial charge in [0.1, 0.15) is 0 Å². The van der Waals surface area contributed by atoms with Crippen LogP contribution >= 0.6 is 0 Å². The number of likely N-dealkylation sites (tertiary alicyclic amines) is 1. The molecule has 1 rings (SSSR count). The molecule has 1 saturated heterocycles. The van der Waals surface area contributed by atoms with Crippen LogP contribution in [-0.4, -0.2) is 30.6 Å². The fraction of sp³-hybridized carbons (Fsp3) is 1.00. The van der Waals surface area contributed by atoms with Gasteiger partial charge in [-0.15, -0.1) is 0 Å². The second-order valence-corrected chi connectivity index (χ2v) is 4.12. The van der Waals surface area contributed by atoms with Crippen LogP contribution in [0.15, 0.2) is 0 Å². The largest absolute Gasteiger partial charge is 0.330 e. The van der Waals surface area contributed by atoms with Gasteiger partial charge in [-0.25, -0.2) is 0 Å². The van der Waals surface area contributed by atoms with E-state index < -0.39 is 0 Å². The predicted molar refractivity (Wildman–Crippen MR) is 57.8 cm³/mol. The molecule has 0 aromatic heterocycles. The number of nitrogens with two attached hydrogens (primary N) is 1. The number of hydrogen-bond acceptors (Lipinski definition) is 2. The van der Waals surface area contributed by atoms with Crippen molar-refractivity contribution in [3.63, 3.8) is 0 Å². The Labute approximate surface area is 82.5 Å². The van der Waals surface area contributed by atoms with E-state index in [-0.39, 0.29) is 0 Å². The van der Waals surface area contributed by atoms with Crippen molar-refractivity contribution in [2.24, 2.45) is 5.73 Å². The third-order valence-corrected chi connectivity index (χ3v) is 3.04. The molecule has 0 aliphatic carbocycles. The van der Waals surface area contributed by atoms with Gasteiger partial charge >= 0.3 is 0 Å². The van der Waals surface area contributed by atoms with Crippen molar-refractivity contribution in [1.29, 1.82) is 0 Å². The zero-order chi connectivity index (χ0) is 9.52. The van der Waals surface area contributed by atoms with Crippen LogP contribution in [0.4, 0.5) is 0 Å². The number of unbranched alkanes of at least 4 members (excludes halogenated alkanes) is 1. The van der Waals surface area contributed by atoms with Crippen molar-refractivity contribution in [3.05, 3.63) is 0 Å². The van der Waals surface area contributed by atoms with Gasteiger partial charge in [-0.3, -0.25) is 0 Å². The van der Waals surface area contributed by atoms with Crippen molar-refractivity contribution in [2.75, 3.05) is 19.6 Å². The highest BCUT2D eigenvalue weighted by Crippen LogP contribution is 2.21. The SMILES string of the molecule is CCCCN1CCC[C@H]1CCCN. The normalized spacial score (nSPS) is 24.0. The summed E-state index contributed by atoms with van der Waals surface area (Å²) in [5.41, 5.74) is 5.53. The second-order valence-electron chi connectivity index (χ2n) is 4.12. The van der Waals surface area contributed by atoms with Gasteiger partial charge in [-0.2, -0.15) is 0 Å². The van der Waals surface area contributed by atoms with Crippen molar-refractivity contribution in [1.82, 2.24) is 4.90 Å². The summed E-state index contributed by atoms with van der Waals surface area (Å²) in [6, 6.07) is 0.857. The van der Waals surface area contributed by atoms with Gasteiger partial charge in [0.2, 0.25) is 0 Å². The first-order valence-electron chi connectivity index (χ1n) is 5.82. The minimum atomic E-state index is 0.857. The van der Waals surface area contributed by atoms with Crippen molar-refractivity contribution >= 4 is 0 Å².